The van der Waals surface area contributed by atoms with Crippen LogP contribution < -0.4 is 0 Å². The summed E-state index contributed by atoms with van der Waals surface area (Å²) >= 11 is 0. The Bertz CT molecular complexity index is 796. The highest BCUT2D eigenvalue weighted by molar-refractivity contribution is 5.71. The second-order valence-corrected chi connectivity index (χ2v) is 16.5. The Hall–Kier alpha value is -1.59. The Labute approximate surface area is 329 Å². The fourth-order valence-corrected chi connectivity index (χ4v) is 6.98. The molecule has 0 amide bonds. The first-order chi connectivity index (χ1) is 25.9. The maximum atomic E-state index is 12.7. The molecule has 1 atom stereocenters. The summed E-state index contributed by atoms with van der Waals surface area (Å²) in [7, 11) is 0. The molecule has 0 saturated carbocycles. The summed E-state index contributed by atoms with van der Waals surface area (Å²) < 4.78 is 16.7. The zero-order chi connectivity index (χ0) is 38.9. The van der Waals surface area contributed by atoms with Gasteiger partial charge in [0.05, 0.1) is 0 Å². The van der Waals surface area contributed by atoms with Crippen LogP contribution >= 0.6 is 0 Å². The van der Waals surface area contributed by atoms with Crippen LogP contribution in [-0.4, -0.2) is 37.2 Å². The van der Waals surface area contributed by atoms with Crippen LogP contribution in [0.2, 0.25) is 0 Å². The molecule has 0 bridgehead atoms. The highest BCUT2D eigenvalue weighted by atomic mass is 16.6. The van der Waals surface area contributed by atoms with E-state index in [1.165, 1.54) is 154 Å². The van der Waals surface area contributed by atoms with E-state index in [0.29, 0.717) is 19.3 Å². The number of ether oxygens (including phenoxy) is 3. The first-order valence-corrected chi connectivity index (χ1v) is 23.4. The Balaban J connectivity index is 4.25. The summed E-state index contributed by atoms with van der Waals surface area (Å²) in [6.07, 6.45) is 41.0. The predicted molar refractivity (Wildman–Crippen MR) is 224 cm³/mol. The number of hydrogen-bond acceptors (Lipinski definition) is 6. The third kappa shape index (κ3) is 41.4. The lowest BCUT2D eigenvalue weighted by molar-refractivity contribution is -0.167. The molecule has 0 fully saturated rings. The third-order valence-corrected chi connectivity index (χ3v) is 10.5. The Morgan fingerprint density at radius 1 is 0.358 bits per heavy atom. The van der Waals surface area contributed by atoms with Crippen LogP contribution in [0.5, 0.6) is 0 Å². The third-order valence-electron chi connectivity index (χ3n) is 10.5. The molecule has 0 N–H and O–H groups in total. The Kier molecular flexibility index (Phi) is 40.3. The molecule has 0 radical (unpaired) electrons. The highest BCUT2D eigenvalue weighted by Gasteiger charge is 2.19. The smallest absolute Gasteiger partial charge is 0.306 e. The largest absolute Gasteiger partial charge is 0.462 e. The molecule has 314 valence electrons. The van der Waals surface area contributed by atoms with Gasteiger partial charge in [0.15, 0.2) is 6.10 Å². The fourth-order valence-electron chi connectivity index (χ4n) is 6.98. The quantitative estimate of drug-likeness (QED) is 0.0351. The van der Waals surface area contributed by atoms with Crippen molar-refractivity contribution in [2.24, 2.45) is 5.92 Å². The van der Waals surface area contributed by atoms with Gasteiger partial charge in [0.25, 0.3) is 0 Å². The van der Waals surface area contributed by atoms with Crippen LogP contribution in [0.3, 0.4) is 0 Å². The molecule has 0 aromatic heterocycles. The minimum Gasteiger partial charge on any atom is -0.462 e. The number of rotatable bonds is 42. The van der Waals surface area contributed by atoms with Gasteiger partial charge in [0.2, 0.25) is 0 Å². The van der Waals surface area contributed by atoms with Crippen molar-refractivity contribution in [2.45, 2.75) is 265 Å². The molecule has 0 spiro atoms. The molecule has 0 unspecified atom stereocenters. The van der Waals surface area contributed by atoms with E-state index in [9.17, 15) is 14.4 Å². The van der Waals surface area contributed by atoms with Crippen molar-refractivity contribution < 1.29 is 28.6 Å². The van der Waals surface area contributed by atoms with E-state index >= 15 is 0 Å². The average molecular weight is 751 g/mol. The molecule has 0 aliphatic rings. The monoisotopic (exact) mass is 751 g/mol. The second-order valence-electron chi connectivity index (χ2n) is 16.5. The maximum Gasteiger partial charge on any atom is 0.306 e. The SMILES string of the molecule is CCCCCCCCCCCCCCCCCCC(=O)OC[C@@H](COC(=O)CCCCCCCCCC(C)C)OC(=O)CCCCCCCCCCC. The zero-order valence-corrected chi connectivity index (χ0v) is 36.0. The molecule has 6 heteroatoms. The molecule has 0 heterocycles. The van der Waals surface area contributed by atoms with E-state index in [2.05, 4.69) is 27.7 Å². The van der Waals surface area contributed by atoms with Crippen molar-refractivity contribution in [3.05, 3.63) is 0 Å². The molecule has 0 aliphatic heterocycles. The van der Waals surface area contributed by atoms with Crippen LogP contribution in [-0.2, 0) is 28.6 Å². The lowest BCUT2D eigenvalue weighted by atomic mass is 10.0. The van der Waals surface area contributed by atoms with Gasteiger partial charge >= 0.3 is 17.9 Å². The normalized spacial score (nSPS) is 11.9. The minimum absolute atomic E-state index is 0.0642. The molecule has 6 nitrogen and oxygen atoms in total. The van der Waals surface area contributed by atoms with E-state index in [1.54, 1.807) is 0 Å². The van der Waals surface area contributed by atoms with E-state index in [4.69, 9.17) is 14.2 Å². The summed E-state index contributed by atoms with van der Waals surface area (Å²) in [5.74, 6) is -0.0759. The van der Waals surface area contributed by atoms with E-state index < -0.39 is 6.10 Å². The number of carbonyl (C=O) groups excluding carboxylic acids is 3. The van der Waals surface area contributed by atoms with Gasteiger partial charge in [-0.3, -0.25) is 14.4 Å². The summed E-state index contributed by atoms with van der Waals surface area (Å²) in [6, 6.07) is 0. The Morgan fingerprint density at radius 2 is 0.623 bits per heavy atom. The van der Waals surface area contributed by atoms with E-state index in [-0.39, 0.29) is 31.1 Å². The van der Waals surface area contributed by atoms with Crippen LogP contribution in [0.25, 0.3) is 0 Å². The second kappa shape index (κ2) is 41.6. The van der Waals surface area contributed by atoms with Crippen molar-refractivity contribution in [3.63, 3.8) is 0 Å². The first-order valence-electron chi connectivity index (χ1n) is 23.4. The van der Waals surface area contributed by atoms with Crippen molar-refractivity contribution in [2.75, 3.05) is 13.2 Å². The van der Waals surface area contributed by atoms with Gasteiger partial charge in [-0.05, 0) is 25.2 Å². The zero-order valence-electron chi connectivity index (χ0n) is 36.0. The summed E-state index contributed by atoms with van der Waals surface area (Å²) in [5.41, 5.74) is 0. The van der Waals surface area contributed by atoms with Gasteiger partial charge in [0.1, 0.15) is 13.2 Å². The number of carbonyl (C=O) groups is 3. The molecule has 0 aromatic carbocycles. The maximum absolute atomic E-state index is 12.7. The van der Waals surface area contributed by atoms with Crippen LogP contribution in [0.4, 0.5) is 0 Å². The predicted octanol–water partition coefficient (Wildman–Crippen LogP) is 14.7. The van der Waals surface area contributed by atoms with Gasteiger partial charge in [-0.15, -0.1) is 0 Å². The van der Waals surface area contributed by atoms with Crippen molar-refractivity contribution in [1.82, 2.24) is 0 Å². The van der Waals surface area contributed by atoms with Gasteiger partial charge in [-0.25, -0.2) is 0 Å². The molecule has 53 heavy (non-hydrogen) atoms. The van der Waals surface area contributed by atoms with Crippen molar-refractivity contribution in [1.29, 1.82) is 0 Å². The van der Waals surface area contributed by atoms with Gasteiger partial charge < -0.3 is 14.2 Å². The van der Waals surface area contributed by atoms with Crippen LogP contribution in [0, 0.1) is 5.92 Å². The summed E-state index contributed by atoms with van der Waals surface area (Å²) in [5, 5.41) is 0. The topological polar surface area (TPSA) is 78.9 Å². The van der Waals surface area contributed by atoms with Gasteiger partial charge in [-0.1, -0.05) is 220 Å². The summed E-state index contributed by atoms with van der Waals surface area (Å²) in [6.45, 7) is 8.94. The van der Waals surface area contributed by atoms with Crippen molar-refractivity contribution >= 4 is 17.9 Å². The van der Waals surface area contributed by atoms with Gasteiger partial charge in [-0.2, -0.15) is 0 Å². The van der Waals surface area contributed by atoms with Crippen LogP contribution in [0.1, 0.15) is 259 Å². The standard InChI is InChI=1S/C47H90O6/c1-5-7-9-11-13-15-16-17-18-19-20-21-23-26-30-34-38-45(48)51-41-44(53-47(50)40-36-32-27-22-14-12-10-8-6-2)42-52-46(49)39-35-31-28-24-25-29-33-37-43(3)4/h43-44H,5-42H2,1-4H3/t44-/m0/s1. The van der Waals surface area contributed by atoms with E-state index in [0.717, 1.165) is 63.7 Å². The lowest BCUT2D eigenvalue weighted by Crippen LogP contribution is -2.30. The number of esters is 3. The molecular weight excluding hydrogens is 661 g/mol. The minimum atomic E-state index is -0.759. The molecule has 0 saturated heterocycles. The molecule has 0 rings (SSSR count). The number of unbranched alkanes of at least 4 members (excludes halogenated alkanes) is 29. The van der Waals surface area contributed by atoms with E-state index in [1.807, 2.05) is 0 Å². The van der Waals surface area contributed by atoms with Gasteiger partial charge in [0, 0.05) is 19.3 Å². The Morgan fingerprint density at radius 3 is 0.925 bits per heavy atom. The van der Waals surface area contributed by atoms with Crippen molar-refractivity contribution in [3.8, 4) is 0 Å². The molecule has 0 aromatic rings. The first kappa shape index (κ1) is 51.4. The lowest BCUT2D eigenvalue weighted by Gasteiger charge is -2.18. The highest BCUT2D eigenvalue weighted by Crippen LogP contribution is 2.16. The average Bonchev–Trinajstić information content (AvgIpc) is 3.14. The molecule has 0 aliphatic carbocycles. The fraction of sp³-hybridized carbons (Fsp3) is 0.936. The number of hydrogen-bond donors (Lipinski definition) is 0. The summed E-state index contributed by atoms with van der Waals surface area (Å²) in [4.78, 5) is 37.6. The molecular formula is C47H90O6. The van der Waals surface area contributed by atoms with Crippen LogP contribution in [0.15, 0.2) is 0 Å².